The van der Waals surface area contributed by atoms with Gasteiger partial charge in [-0.2, -0.15) is 0 Å². The smallest absolute Gasteiger partial charge is 0.0445 e. The molecule has 3 atom stereocenters. The number of hydrogen-bond donors (Lipinski definition) is 1. The highest BCUT2D eigenvalue weighted by molar-refractivity contribution is 7.85. The van der Waals surface area contributed by atoms with Crippen LogP contribution in [0.15, 0.2) is 12.1 Å². The fraction of sp³-hybridized carbons (Fsp3) is 0.571. The zero-order valence-corrected chi connectivity index (χ0v) is 11.9. The van der Waals surface area contributed by atoms with E-state index in [0.29, 0.717) is 0 Å². The van der Waals surface area contributed by atoms with E-state index < -0.39 is 10.8 Å². The summed E-state index contributed by atoms with van der Waals surface area (Å²) in [4.78, 5) is 0. The highest BCUT2D eigenvalue weighted by Gasteiger charge is 2.26. The van der Waals surface area contributed by atoms with Gasteiger partial charge in [-0.1, -0.05) is 17.7 Å². The second kappa shape index (κ2) is 4.91. The van der Waals surface area contributed by atoms with Gasteiger partial charge in [0.15, 0.2) is 0 Å². The van der Waals surface area contributed by atoms with E-state index in [1.54, 1.807) is 0 Å². The van der Waals surface area contributed by atoms with Gasteiger partial charge in [-0.05, 0) is 44.4 Å². The van der Waals surface area contributed by atoms with Crippen molar-refractivity contribution in [3.63, 3.8) is 0 Å². The average Bonchev–Trinajstić information content (AvgIpc) is 2.21. The molecule has 3 unspecified atom stereocenters. The van der Waals surface area contributed by atoms with E-state index in [9.17, 15) is 4.21 Å². The minimum absolute atomic E-state index is 0.257. The van der Waals surface area contributed by atoms with Crippen LogP contribution in [0.3, 0.4) is 0 Å². The highest BCUT2D eigenvalue weighted by atomic mass is 32.2. The molecule has 1 saturated heterocycles. The molecule has 1 fully saturated rings. The van der Waals surface area contributed by atoms with E-state index in [-0.39, 0.29) is 11.3 Å². The van der Waals surface area contributed by atoms with Crippen molar-refractivity contribution in [2.24, 2.45) is 0 Å². The molecule has 0 aliphatic carbocycles. The van der Waals surface area contributed by atoms with Gasteiger partial charge in [0.25, 0.3) is 0 Å². The lowest BCUT2D eigenvalue weighted by molar-refractivity contribution is 0.536. The molecule has 3 heteroatoms. The normalized spacial score (nSPS) is 29.3. The van der Waals surface area contributed by atoms with Crippen molar-refractivity contribution in [1.29, 1.82) is 0 Å². The molecule has 0 aromatic heterocycles. The van der Waals surface area contributed by atoms with E-state index in [4.69, 9.17) is 0 Å². The lowest BCUT2D eigenvalue weighted by atomic mass is 9.94. The van der Waals surface area contributed by atoms with Gasteiger partial charge >= 0.3 is 0 Å². The van der Waals surface area contributed by atoms with Crippen LogP contribution >= 0.6 is 0 Å². The molecule has 0 saturated carbocycles. The van der Waals surface area contributed by atoms with Gasteiger partial charge in [0, 0.05) is 34.4 Å². The molecule has 0 amide bonds. The summed E-state index contributed by atoms with van der Waals surface area (Å²) in [6, 6.07) is 4.68. The summed E-state index contributed by atoms with van der Waals surface area (Å²) in [5.74, 6) is 0.742. The molecule has 17 heavy (non-hydrogen) atoms. The maximum absolute atomic E-state index is 11.9. The van der Waals surface area contributed by atoms with E-state index in [0.717, 1.165) is 12.3 Å². The van der Waals surface area contributed by atoms with Gasteiger partial charge in [-0.25, -0.2) is 0 Å². The number of hydrogen-bond acceptors (Lipinski definition) is 2. The van der Waals surface area contributed by atoms with Crippen molar-refractivity contribution in [2.45, 2.75) is 39.0 Å². The monoisotopic (exact) mass is 251 g/mol. The van der Waals surface area contributed by atoms with Gasteiger partial charge in [-0.15, -0.1) is 0 Å². The van der Waals surface area contributed by atoms with Crippen LogP contribution in [-0.2, 0) is 10.8 Å². The maximum Gasteiger partial charge on any atom is 0.0445 e. The van der Waals surface area contributed by atoms with Gasteiger partial charge in [0.1, 0.15) is 0 Å². The van der Waals surface area contributed by atoms with Gasteiger partial charge < -0.3 is 5.32 Å². The molecule has 1 N–H and O–H groups in total. The predicted octanol–water partition coefficient (Wildman–Crippen LogP) is 2.39. The number of nitrogens with one attached hydrogen (secondary N) is 1. The Balaban J connectivity index is 2.32. The summed E-state index contributed by atoms with van der Waals surface area (Å²) in [5.41, 5.74) is 5.27. The Hall–Kier alpha value is -0.670. The summed E-state index contributed by atoms with van der Waals surface area (Å²) in [7, 11) is -0.700. The average molecular weight is 251 g/mol. The Morgan fingerprint density at radius 1 is 1.24 bits per heavy atom. The third kappa shape index (κ3) is 2.61. The van der Waals surface area contributed by atoms with E-state index >= 15 is 0 Å². The molecule has 1 aliphatic heterocycles. The standard InChI is InChI=1S/C14H21NOS/c1-9-5-10(2)14(11(3)6-9)13-8-17(16)12(4)7-15-13/h5-6,12-13,15H,7-8H2,1-4H3. The summed E-state index contributed by atoms with van der Waals surface area (Å²) in [5, 5.41) is 3.80. The van der Waals surface area contributed by atoms with Crippen molar-refractivity contribution in [1.82, 2.24) is 5.32 Å². The minimum atomic E-state index is -0.700. The van der Waals surface area contributed by atoms with Gasteiger partial charge in [0.2, 0.25) is 0 Å². The van der Waals surface area contributed by atoms with Crippen LogP contribution in [0, 0.1) is 20.8 Å². The van der Waals surface area contributed by atoms with Crippen molar-refractivity contribution in [3.05, 3.63) is 34.4 Å². The molecule has 94 valence electrons. The zero-order chi connectivity index (χ0) is 12.6. The fourth-order valence-electron chi connectivity index (χ4n) is 2.71. The molecule has 0 radical (unpaired) electrons. The molecule has 0 spiro atoms. The van der Waals surface area contributed by atoms with Crippen LogP contribution in [0.4, 0.5) is 0 Å². The number of benzene rings is 1. The maximum atomic E-state index is 11.9. The van der Waals surface area contributed by atoms with E-state index in [1.165, 1.54) is 22.3 Å². The van der Waals surface area contributed by atoms with Crippen LogP contribution in [0.5, 0.6) is 0 Å². The van der Waals surface area contributed by atoms with Crippen LogP contribution < -0.4 is 5.32 Å². The van der Waals surface area contributed by atoms with Crippen LogP contribution in [0.1, 0.15) is 35.2 Å². The first-order chi connectivity index (χ1) is 7.99. The predicted molar refractivity (Wildman–Crippen MR) is 73.9 cm³/mol. The Bertz CT molecular complexity index is 433. The fourth-order valence-corrected chi connectivity index (χ4v) is 3.94. The van der Waals surface area contributed by atoms with Crippen molar-refractivity contribution >= 4 is 10.8 Å². The molecule has 1 aromatic rings. The molecule has 1 heterocycles. The summed E-state index contributed by atoms with van der Waals surface area (Å²) >= 11 is 0. The van der Waals surface area contributed by atoms with Gasteiger partial charge in [-0.3, -0.25) is 4.21 Å². The largest absolute Gasteiger partial charge is 0.308 e. The third-order valence-corrected chi connectivity index (χ3v) is 5.24. The van der Waals surface area contributed by atoms with Crippen LogP contribution in [0.25, 0.3) is 0 Å². The quantitative estimate of drug-likeness (QED) is 0.830. The van der Waals surface area contributed by atoms with Crippen LogP contribution in [0.2, 0.25) is 0 Å². The van der Waals surface area contributed by atoms with Crippen molar-refractivity contribution in [3.8, 4) is 0 Å². The molecular formula is C14H21NOS. The molecule has 2 nitrogen and oxygen atoms in total. The molecule has 0 bridgehead atoms. The van der Waals surface area contributed by atoms with E-state index in [2.05, 4.69) is 38.2 Å². The minimum Gasteiger partial charge on any atom is -0.308 e. The summed E-state index contributed by atoms with van der Waals surface area (Å²) < 4.78 is 11.9. The second-order valence-corrected chi connectivity index (χ2v) is 7.03. The summed E-state index contributed by atoms with van der Waals surface area (Å²) in [6.45, 7) is 9.33. The van der Waals surface area contributed by atoms with Crippen LogP contribution in [-0.4, -0.2) is 21.8 Å². The first kappa shape index (κ1) is 12.8. The lowest BCUT2D eigenvalue weighted by Gasteiger charge is -2.30. The molecular weight excluding hydrogens is 230 g/mol. The van der Waals surface area contributed by atoms with Crippen molar-refractivity contribution < 1.29 is 4.21 Å². The Labute approximate surface area is 106 Å². The van der Waals surface area contributed by atoms with Gasteiger partial charge in [0.05, 0.1) is 0 Å². The molecule has 1 aromatic carbocycles. The Morgan fingerprint density at radius 2 is 1.82 bits per heavy atom. The molecule has 1 aliphatic rings. The molecule has 2 rings (SSSR count). The number of rotatable bonds is 1. The third-order valence-electron chi connectivity index (χ3n) is 3.52. The topological polar surface area (TPSA) is 29.1 Å². The summed E-state index contributed by atoms with van der Waals surface area (Å²) in [6.07, 6.45) is 0. The second-order valence-electron chi connectivity index (χ2n) is 5.13. The first-order valence-electron chi connectivity index (χ1n) is 6.17. The lowest BCUT2D eigenvalue weighted by Crippen LogP contribution is -2.42. The van der Waals surface area contributed by atoms with E-state index in [1.807, 2.05) is 6.92 Å². The first-order valence-corrected chi connectivity index (χ1v) is 7.55. The zero-order valence-electron chi connectivity index (χ0n) is 11.0. The Kier molecular flexibility index (Phi) is 3.69. The number of aryl methyl sites for hydroxylation is 3. The Morgan fingerprint density at radius 3 is 2.35 bits per heavy atom. The SMILES string of the molecule is Cc1cc(C)c(C2CS(=O)C(C)CN2)c(C)c1. The highest BCUT2D eigenvalue weighted by Crippen LogP contribution is 2.26. The van der Waals surface area contributed by atoms with Crippen molar-refractivity contribution in [2.75, 3.05) is 12.3 Å².